The van der Waals surface area contributed by atoms with Gasteiger partial charge in [0.05, 0.1) is 12.7 Å². The molecule has 1 aromatic rings. The Morgan fingerprint density at radius 3 is 2.43 bits per heavy atom. The average molecular weight is 293 g/mol. The lowest BCUT2D eigenvalue weighted by molar-refractivity contribution is -0.143. The third-order valence-electron chi connectivity index (χ3n) is 3.07. The monoisotopic (exact) mass is 293 g/mol. The lowest BCUT2D eigenvalue weighted by Crippen LogP contribution is -2.20. The summed E-state index contributed by atoms with van der Waals surface area (Å²) in [5.74, 6) is 0.769. The van der Waals surface area contributed by atoms with Gasteiger partial charge < -0.3 is 14.8 Å². The molecule has 1 unspecified atom stereocenters. The molecule has 4 nitrogen and oxygen atoms in total. The van der Waals surface area contributed by atoms with E-state index >= 15 is 0 Å². The van der Waals surface area contributed by atoms with Crippen LogP contribution in [0.3, 0.4) is 0 Å². The molecule has 0 heterocycles. The van der Waals surface area contributed by atoms with Crippen LogP contribution in [-0.4, -0.2) is 25.2 Å². The Bertz CT molecular complexity index is 415. The average Bonchev–Trinajstić information content (AvgIpc) is 2.44. The van der Waals surface area contributed by atoms with Gasteiger partial charge in [-0.3, -0.25) is 4.79 Å². The summed E-state index contributed by atoms with van der Waals surface area (Å²) >= 11 is 0. The second kappa shape index (κ2) is 9.40. The van der Waals surface area contributed by atoms with Gasteiger partial charge in [-0.25, -0.2) is 0 Å². The van der Waals surface area contributed by atoms with Gasteiger partial charge in [0.15, 0.2) is 0 Å². The zero-order chi connectivity index (χ0) is 15.7. The largest absolute Gasteiger partial charge is 0.491 e. The Hall–Kier alpha value is -1.55. The number of benzene rings is 1. The molecular formula is C17H27NO3. The highest BCUT2D eigenvalue weighted by Crippen LogP contribution is 2.18. The van der Waals surface area contributed by atoms with E-state index in [4.69, 9.17) is 9.47 Å². The van der Waals surface area contributed by atoms with Crippen molar-refractivity contribution >= 4 is 5.97 Å². The fourth-order valence-electron chi connectivity index (χ4n) is 2.01. The zero-order valence-corrected chi connectivity index (χ0v) is 13.5. The molecule has 1 aromatic carbocycles. The zero-order valence-electron chi connectivity index (χ0n) is 13.5. The highest BCUT2D eigenvalue weighted by molar-refractivity contribution is 5.69. The van der Waals surface area contributed by atoms with Crippen LogP contribution in [0.15, 0.2) is 24.3 Å². The lowest BCUT2D eigenvalue weighted by Gasteiger charge is -2.15. The molecular weight excluding hydrogens is 266 g/mol. The van der Waals surface area contributed by atoms with Crippen molar-refractivity contribution in [3.63, 3.8) is 0 Å². The van der Waals surface area contributed by atoms with E-state index < -0.39 is 0 Å². The van der Waals surface area contributed by atoms with Crippen LogP contribution in [0.5, 0.6) is 5.75 Å². The number of nitrogens with one attached hydrogen (secondary N) is 1. The first kappa shape index (κ1) is 17.5. The second-order valence-electron chi connectivity index (χ2n) is 5.32. The molecule has 4 heteroatoms. The van der Waals surface area contributed by atoms with Gasteiger partial charge in [-0.1, -0.05) is 12.1 Å². The first-order valence-electron chi connectivity index (χ1n) is 7.68. The summed E-state index contributed by atoms with van der Waals surface area (Å²) in [7, 11) is 0. The van der Waals surface area contributed by atoms with Crippen molar-refractivity contribution in [3.8, 4) is 5.75 Å². The SMILES string of the molecule is CCOC(=O)CCCNC(C)c1ccc(OC(C)C)cc1. The van der Waals surface area contributed by atoms with Crippen molar-refractivity contribution in [1.29, 1.82) is 0 Å². The van der Waals surface area contributed by atoms with E-state index in [0.717, 1.165) is 18.7 Å². The molecule has 0 radical (unpaired) electrons. The molecule has 0 saturated carbocycles. The minimum atomic E-state index is -0.123. The van der Waals surface area contributed by atoms with E-state index in [0.29, 0.717) is 13.0 Å². The van der Waals surface area contributed by atoms with E-state index in [1.54, 1.807) is 0 Å². The molecule has 1 N–H and O–H groups in total. The predicted octanol–water partition coefficient (Wildman–Crippen LogP) is 3.47. The van der Waals surface area contributed by atoms with Crippen LogP contribution in [0.4, 0.5) is 0 Å². The first-order valence-corrected chi connectivity index (χ1v) is 7.68. The summed E-state index contributed by atoms with van der Waals surface area (Å²) in [6, 6.07) is 8.37. The molecule has 0 fully saturated rings. The fraction of sp³-hybridized carbons (Fsp3) is 0.588. The Morgan fingerprint density at radius 2 is 1.86 bits per heavy atom. The molecule has 1 atom stereocenters. The van der Waals surface area contributed by atoms with E-state index in [-0.39, 0.29) is 18.1 Å². The molecule has 21 heavy (non-hydrogen) atoms. The second-order valence-corrected chi connectivity index (χ2v) is 5.32. The van der Waals surface area contributed by atoms with Crippen molar-refractivity contribution in [1.82, 2.24) is 5.32 Å². The molecule has 0 aliphatic carbocycles. The standard InChI is InChI=1S/C17H27NO3/c1-5-20-17(19)7-6-12-18-14(4)15-8-10-16(11-9-15)21-13(2)3/h8-11,13-14,18H,5-7,12H2,1-4H3. The van der Waals surface area contributed by atoms with Gasteiger partial charge in [-0.2, -0.15) is 0 Å². The number of ether oxygens (including phenoxy) is 2. The Labute approximate surface area is 127 Å². The lowest BCUT2D eigenvalue weighted by atomic mass is 10.1. The van der Waals surface area contributed by atoms with Gasteiger partial charge in [0.2, 0.25) is 0 Å². The molecule has 1 rings (SSSR count). The molecule has 0 saturated heterocycles. The Balaban J connectivity index is 2.31. The van der Waals surface area contributed by atoms with Gasteiger partial charge in [-0.15, -0.1) is 0 Å². The topological polar surface area (TPSA) is 47.6 Å². The van der Waals surface area contributed by atoms with Crippen molar-refractivity contribution < 1.29 is 14.3 Å². The number of rotatable bonds is 9. The van der Waals surface area contributed by atoms with Crippen molar-refractivity contribution in [2.45, 2.75) is 52.7 Å². The Morgan fingerprint density at radius 1 is 1.19 bits per heavy atom. The third kappa shape index (κ3) is 7.14. The van der Waals surface area contributed by atoms with Crippen LogP contribution in [0, 0.1) is 0 Å². The van der Waals surface area contributed by atoms with Crippen molar-refractivity contribution in [3.05, 3.63) is 29.8 Å². The van der Waals surface area contributed by atoms with E-state index in [1.165, 1.54) is 5.56 Å². The summed E-state index contributed by atoms with van der Waals surface area (Å²) in [5, 5.41) is 3.41. The minimum Gasteiger partial charge on any atom is -0.491 e. The first-order chi connectivity index (χ1) is 10.0. The molecule has 0 spiro atoms. The summed E-state index contributed by atoms with van der Waals surface area (Å²) in [5.41, 5.74) is 1.21. The summed E-state index contributed by atoms with van der Waals surface area (Å²) < 4.78 is 10.5. The molecule has 118 valence electrons. The van der Waals surface area contributed by atoms with Crippen LogP contribution in [0.1, 0.15) is 52.1 Å². The fourth-order valence-corrected chi connectivity index (χ4v) is 2.01. The maximum absolute atomic E-state index is 11.2. The highest BCUT2D eigenvalue weighted by Gasteiger charge is 2.06. The van der Waals surface area contributed by atoms with Crippen LogP contribution in [0.2, 0.25) is 0 Å². The molecule has 0 bridgehead atoms. The quantitative estimate of drug-likeness (QED) is 0.559. The number of hydrogen-bond acceptors (Lipinski definition) is 4. The molecule has 0 amide bonds. The van der Waals surface area contributed by atoms with Crippen LogP contribution < -0.4 is 10.1 Å². The van der Waals surface area contributed by atoms with E-state index in [1.807, 2.05) is 32.9 Å². The maximum Gasteiger partial charge on any atom is 0.305 e. The van der Waals surface area contributed by atoms with Crippen molar-refractivity contribution in [2.75, 3.05) is 13.2 Å². The highest BCUT2D eigenvalue weighted by atomic mass is 16.5. The normalized spacial score (nSPS) is 12.2. The summed E-state index contributed by atoms with van der Waals surface area (Å²) in [6.07, 6.45) is 1.45. The van der Waals surface area contributed by atoms with Gasteiger partial charge in [-0.05, 0) is 58.4 Å². The van der Waals surface area contributed by atoms with Gasteiger partial charge in [0, 0.05) is 12.5 Å². The molecule has 0 aliphatic heterocycles. The number of carbonyl (C=O) groups is 1. The van der Waals surface area contributed by atoms with Crippen LogP contribution in [-0.2, 0) is 9.53 Å². The summed E-state index contributed by atoms with van der Waals surface area (Å²) in [4.78, 5) is 11.2. The number of hydrogen-bond donors (Lipinski definition) is 1. The van der Waals surface area contributed by atoms with Crippen LogP contribution >= 0.6 is 0 Å². The van der Waals surface area contributed by atoms with Gasteiger partial charge >= 0.3 is 5.97 Å². The van der Waals surface area contributed by atoms with E-state index in [9.17, 15) is 4.79 Å². The van der Waals surface area contributed by atoms with Crippen LogP contribution in [0.25, 0.3) is 0 Å². The number of carbonyl (C=O) groups excluding carboxylic acids is 1. The Kier molecular flexibility index (Phi) is 7.83. The smallest absolute Gasteiger partial charge is 0.305 e. The number of esters is 1. The minimum absolute atomic E-state index is 0.123. The molecule has 0 aliphatic rings. The van der Waals surface area contributed by atoms with Gasteiger partial charge in [0.1, 0.15) is 5.75 Å². The third-order valence-corrected chi connectivity index (χ3v) is 3.07. The summed E-state index contributed by atoms with van der Waals surface area (Å²) in [6.45, 7) is 9.22. The predicted molar refractivity (Wildman–Crippen MR) is 84.5 cm³/mol. The van der Waals surface area contributed by atoms with E-state index in [2.05, 4.69) is 24.4 Å². The molecule has 0 aromatic heterocycles. The maximum atomic E-state index is 11.2. The van der Waals surface area contributed by atoms with Gasteiger partial charge in [0.25, 0.3) is 0 Å². The van der Waals surface area contributed by atoms with Crippen molar-refractivity contribution in [2.24, 2.45) is 0 Å².